The summed E-state index contributed by atoms with van der Waals surface area (Å²) in [7, 11) is 0. The Morgan fingerprint density at radius 2 is 1.58 bits per heavy atom. The van der Waals surface area contributed by atoms with E-state index in [4.69, 9.17) is 0 Å². The quantitative estimate of drug-likeness (QED) is 0.202. The lowest BCUT2D eigenvalue weighted by atomic mass is 10.0. The fourth-order valence-corrected chi connectivity index (χ4v) is 3.81. The fraction of sp³-hybridized carbons (Fsp3) is 0.864. The van der Waals surface area contributed by atoms with E-state index in [1.54, 1.807) is 0 Å². The third-order valence-corrected chi connectivity index (χ3v) is 5.35. The molecule has 26 heavy (non-hydrogen) atoms. The van der Waals surface area contributed by atoms with Crippen molar-refractivity contribution in [2.75, 3.05) is 26.2 Å². The van der Waals surface area contributed by atoms with Crippen LogP contribution >= 0.6 is 0 Å². The molecule has 154 valence electrons. The first-order valence-corrected chi connectivity index (χ1v) is 10.8. The summed E-state index contributed by atoms with van der Waals surface area (Å²) in [5.41, 5.74) is 0. The monoisotopic (exact) mass is 370 g/mol. The van der Waals surface area contributed by atoms with Gasteiger partial charge in [-0.3, -0.25) is 4.79 Å². The lowest BCUT2D eigenvalue weighted by Crippen LogP contribution is -2.56. The molecule has 0 aromatic carbocycles. The zero-order valence-electron chi connectivity index (χ0n) is 17.6. The normalized spacial score (nSPS) is 14.2. The summed E-state index contributed by atoms with van der Waals surface area (Å²) in [5.74, 6) is -1.09. The molecule has 2 atom stereocenters. The number of carboxylic acids is 1. The number of quaternary nitrogens is 1. The van der Waals surface area contributed by atoms with Crippen molar-refractivity contribution < 1.29 is 19.5 Å². The van der Waals surface area contributed by atoms with Gasteiger partial charge in [-0.05, 0) is 51.9 Å². The molecule has 0 aromatic rings. The molecule has 0 saturated carbocycles. The SMILES string of the molecule is C=CCCCCC(O)C[N+](CCCCC)(CCCCC)CC(C)C(=O)O. The van der Waals surface area contributed by atoms with E-state index in [9.17, 15) is 15.0 Å². The van der Waals surface area contributed by atoms with Gasteiger partial charge in [-0.1, -0.05) is 39.2 Å². The van der Waals surface area contributed by atoms with Crippen LogP contribution in [-0.2, 0) is 4.79 Å². The van der Waals surface area contributed by atoms with E-state index in [0.717, 1.165) is 68.9 Å². The van der Waals surface area contributed by atoms with Gasteiger partial charge < -0.3 is 14.7 Å². The molecule has 0 aliphatic rings. The predicted molar refractivity (Wildman–Crippen MR) is 110 cm³/mol. The average Bonchev–Trinajstić information content (AvgIpc) is 2.59. The molecule has 0 bridgehead atoms. The van der Waals surface area contributed by atoms with Gasteiger partial charge in [-0.15, -0.1) is 6.58 Å². The Morgan fingerprint density at radius 3 is 2.04 bits per heavy atom. The summed E-state index contributed by atoms with van der Waals surface area (Å²) >= 11 is 0. The summed E-state index contributed by atoms with van der Waals surface area (Å²) in [6.07, 6.45) is 12.3. The number of hydrogen-bond donors (Lipinski definition) is 2. The van der Waals surface area contributed by atoms with Gasteiger partial charge in [0.05, 0.1) is 19.6 Å². The molecule has 0 amide bonds. The Balaban J connectivity index is 5.04. The van der Waals surface area contributed by atoms with E-state index < -0.39 is 5.97 Å². The molecule has 2 N–H and O–H groups in total. The van der Waals surface area contributed by atoms with E-state index >= 15 is 0 Å². The van der Waals surface area contributed by atoms with E-state index in [1.807, 2.05) is 13.0 Å². The van der Waals surface area contributed by atoms with Crippen molar-refractivity contribution in [2.45, 2.75) is 91.1 Å². The van der Waals surface area contributed by atoms with Crippen LogP contribution in [0.4, 0.5) is 0 Å². The maximum atomic E-state index is 11.5. The van der Waals surface area contributed by atoms with Crippen LogP contribution in [0.2, 0.25) is 0 Å². The van der Waals surface area contributed by atoms with Gasteiger partial charge in [0, 0.05) is 0 Å². The second-order valence-electron chi connectivity index (χ2n) is 8.03. The van der Waals surface area contributed by atoms with E-state index in [0.29, 0.717) is 13.1 Å². The molecule has 0 aromatic heterocycles. The summed E-state index contributed by atoms with van der Waals surface area (Å²) in [4.78, 5) is 11.5. The number of aliphatic carboxylic acids is 1. The van der Waals surface area contributed by atoms with Crippen LogP contribution in [0.5, 0.6) is 0 Å². The van der Waals surface area contributed by atoms with E-state index in [1.165, 1.54) is 12.8 Å². The molecule has 0 heterocycles. The summed E-state index contributed by atoms with van der Waals surface area (Å²) in [5, 5.41) is 20.1. The van der Waals surface area contributed by atoms with Crippen LogP contribution in [-0.4, -0.2) is 52.9 Å². The minimum absolute atomic E-state index is 0.343. The Morgan fingerprint density at radius 1 is 1.00 bits per heavy atom. The zero-order valence-corrected chi connectivity index (χ0v) is 17.6. The van der Waals surface area contributed by atoms with Gasteiger partial charge in [0.15, 0.2) is 0 Å². The first-order chi connectivity index (χ1) is 12.4. The minimum atomic E-state index is -0.723. The van der Waals surface area contributed by atoms with Crippen LogP contribution in [0, 0.1) is 5.92 Å². The van der Waals surface area contributed by atoms with Crippen molar-refractivity contribution in [3.05, 3.63) is 12.7 Å². The molecule has 0 aliphatic carbocycles. The van der Waals surface area contributed by atoms with E-state index in [2.05, 4.69) is 20.4 Å². The number of nitrogens with zero attached hydrogens (tertiary/aromatic N) is 1. The standard InChI is InChI=1S/C22H43NO3/c1-5-8-11-12-15-21(24)19-23(16-13-9-6-2,17-14-10-7-3)18-20(4)22(25)26/h5,20-21,24H,1,6-19H2,2-4H3/p+1. The molecule has 0 aliphatic heterocycles. The van der Waals surface area contributed by atoms with E-state index in [-0.39, 0.29) is 12.0 Å². The molecule has 4 heteroatoms. The van der Waals surface area contributed by atoms with Crippen molar-refractivity contribution in [3.8, 4) is 0 Å². The van der Waals surface area contributed by atoms with Crippen LogP contribution in [0.25, 0.3) is 0 Å². The van der Waals surface area contributed by atoms with Crippen LogP contribution in [0.1, 0.15) is 85.0 Å². The second-order valence-corrected chi connectivity index (χ2v) is 8.03. The molecular weight excluding hydrogens is 326 g/mol. The van der Waals surface area contributed by atoms with Crippen molar-refractivity contribution >= 4 is 5.97 Å². The number of hydrogen-bond acceptors (Lipinski definition) is 2. The molecule has 0 radical (unpaired) electrons. The highest BCUT2D eigenvalue weighted by molar-refractivity contribution is 5.69. The average molecular weight is 371 g/mol. The highest BCUT2D eigenvalue weighted by Gasteiger charge is 2.33. The van der Waals surface area contributed by atoms with Gasteiger partial charge in [0.2, 0.25) is 0 Å². The van der Waals surface area contributed by atoms with Crippen molar-refractivity contribution in [1.29, 1.82) is 0 Å². The Hall–Kier alpha value is -0.870. The molecular formula is C22H44NO3+. The van der Waals surface area contributed by atoms with Gasteiger partial charge in [-0.25, -0.2) is 0 Å². The third-order valence-electron chi connectivity index (χ3n) is 5.35. The number of aliphatic hydroxyl groups is 1. The Kier molecular flexibility index (Phi) is 14.7. The van der Waals surface area contributed by atoms with Gasteiger partial charge in [-0.2, -0.15) is 0 Å². The highest BCUT2D eigenvalue weighted by atomic mass is 16.4. The molecule has 0 rings (SSSR count). The topological polar surface area (TPSA) is 57.5 Å². The largest absolute Gasteiger partial charge is 0.481 e. The smallest absolute Gasteiger partial charge is 0.311 e. The molecule has 0 spiro atoms. The predicted octanol–water partition coefficient (Wildman–Crippen LogP) is 5.01. The van der Waals surface area contributed by atoms with Crippen molar-refractivity contribution in [2.24, 2.45) is 5.92 Å². The van der Waals surface area contributed by atoms with Gasteiger partial charge in [0.25, 0.3) is 0 Å². The van der Waals surface area contributed by atoms with Crippen molar-refractivity contribution in [1.82, 2.24) is 0 Å². The lowest BCUT2D eigenvalue weighted by Gasteiger charge is -2.41. The van der Waals surface area contributed by atoms with Crippen LogP contribution < -0.4 is 0 Å². The number of unbranched alkanes of at least 4 members (excludes halogenated alkanes) is 6. The first-order valence-electron chi connectivity index (χ1n) is 10.8. The summed E-state index contributed by atoms with van der Waals surface area (Å²) < 4.78 is 0.760. The summed E-state index contributed by atoms with van der Waals surface area (Å²) in [6, 6.07) is 0. The fourth-order valence-electron chi connectivity index (χ4n) is 3.81. The number of rotatable bonds is 18. The third kappa shape index (κ3) is 11.7. The summed E-state index contributed by atoms with van der Waals surface area (Å²) in [6.45, 7) is 13.2. The molecule has 2 unspecified atom stereocenters. The maximum absolute atomic E-state index is 11.5. The van der Waals surface area contributed by atoms with Crippen molar-refractivity contribution in [3.63, 3.8) is 0 Å². The molecule has 4 nitrogen and oxygen atoms in total. The maximum Gasteiger partial charge on any atom is 0.311 e. The van der Waals surface area contributed by atoms with Gasteiger partial charge in [0.1, 0.15) is 18.6 Å². The Bertz CT molecular complexity index is 360. The second kappa shape index (κ2) is 15.2. The number of aliphatic hydroxyl groups excluding tert-OH is 1. The zero-order chi connectivity index (χ0) is 19.8. The van der Waals surface area contributed by atoms with Gasteiger partial charge >= 0.3 is 5.97 Å². The minimum Gasteiger partial charge on any atom is -0.481 e. The highest BCUT2D eigenvalue weighted by Crippen LogP contribution is 2.20. The number of allylic oxidation sites excluding steroid dienone is 1. The number of carboxylic acid groups (broad SMARTS) is 1. The van der Waals surface area contributed by atoms with Crippen LogP contribution in [0.15, 0.2) is 12.7 Å². The lowest BCUT2D eigenvalue weighted by molar-refractivity contribution is -0.933. The molecule has 0 fully saturated rings. The van der Waals surface area contributed by atoms with Crippen LogP contribution in [0.3, 0.4) is 0 Å². The first kappa shape index (κ1) is 25.1. The Labute approximate surface area is 161 Å². The molecule has 0 saturated heterocycles. The number of carbonyl (C=O) groups is 1.